The average Bonchev–Trinajstić information content (AvgIpc) is 2.39. The van der Waals surface area contributed by atoms with E-state index in [1.165, 1.54) is 96.3 Å². The minimum Gasteiger partial charge on any atom is -0.343 e. The van der Waals surface area contributed by atoms with Gasteiger partial charge >= 0.3 is 0 Å². The van der Waals surface area contributed by atoms with Gasteiger partial charge in [0.15, 0.2) is 0 Å². The van der Waals surface area contributed by atoms with Crippen molar-refractivity contribution in [2.24, 2.45) is 0 Å². The summed E-state index contributed by atoms with van der Waals surface area (Å²) in [5, 5.41) is 0. The first kappa shape index (κ1) is 22.4. The molecule has 0 N–H and O–H groups in total. The quantitative estimate of drug-likeness (QED) is 0.220. The molecule has 0 saturated carbocycles. The van der Waals surface area contributed by atoms with Crippen LogP contribution in [0.5, 0.6) is 0 Å². The zero-order chi connectivity index (χ0) is 13.3. The van der Waals surface area contributed by atoms with E-state index in [0.29, 0.717) is 0 Å². The van der Waals surface area contributed by atoms with Crippen molar-refractivity contribution in [3.63, 3.8) is 0 Å². The largest absolute Gasteiger partial charge is 0.343 e. The summed E-state index contributed by atoms with van der Waals surface area (Å²) in [6.45, 7) is 6.18. The van der Waals surface area contributed by atoms with Crippen LogP contribution in [0.1, 0.15) is 110 Å². The van der Waals surface area contributed by atoms with Crippen LogP contribution in [0.3, 0.4) is 0 Å². The van der Waals surface area contributed by atoms with E-state index >= 15 is 0 Å². The van der Waals surface area contributed by atoms with Gasteiger partial charge in [-0.2, -0.15) is 6.42 Å². The van der Waals surface area contributed by atoms with Gasteiger partial charge in [0.2, 0.25) is 0 Å². The molecular weight excluding hydrogens is 305 g/mol. The van der Waals surface area contributed by atoms with Crippen molar-refractivity contribution in [1.29, 1.82) is 0 Å². The monoisotopic (exact) mass is 342 g/mol. The summed E-state index contributed by atoms with van der Waals surface area (Å²) in [6, 6.07) is 0. The molecule has 0 spiro atoms. The van der Waals surface area contributed by atoms with E-state index in [9.17, 15) is 0 Å². The fourth-order valence-corrected chi connectivity index (χ4v) is 2.55. The Hall–Kier alpha value is 1.10. The second-order valence-corrected chi connectivity index (χ2v) is 5.80. The van der Waals surface area contributed by atoms with Crippen molar-refractivity contribution in [3.05, 3.63) is 6.92 Å². The van der Waals surface area contributed by atoms with E-state index in [4.69, 9.17) is 0 Å². The van der Waals surface area contributed by atoms with Crippen molar-refractivity contribution in [2.75, 3.05) is 0 Å². The zero-order valence-electron chi connectivity index (χ0n) is 13.6. The molecule has 0 aliphatic rings. The Labute approximate surface area is 148 Å². The third kappa shape index (κ3) is 21.6. The first-order valence-corrected chi connectivity index (χ1v) is 8.71. The summed E-state index contributed by atoms with van der Waals surface area (Å²) in [7, 11) is 0. The zero-order valence-corrected chi connectivity index (χ0v) is 16.4. The molecule has 0 amide bonds. The van der Waals surface area contributed by atoms with Crippen LogP contribution in [0.15, 0.2) is 0 Å². The van der Waals surface area contributed by atoms with Crippen molar-refractivity contribution in [2.45, 2.75) is 110 Å². The summed E-state index contributed by atoms with van der Waals surface area (Å²) < 4.78 is 0. The molecule has 0 aromatic rings. The predicted molar refractivity (Wildman–Crippen MR) is 84.9 cm³/mol. The van der Waals surface area contributed by atoms with Crippen LogP contribution in [0, 0.1) is 6.92 Å². The molecule has 113 valence electrons. The standard InChI is InChI=1S/C18H37.Y/c1-3-5-7-9-11-13-15-17-18-16-14-12-10-8-6-4-2;/h1,3-18H2,2H3;/q-1;. The number of rotatable bonds is 15. The van der Waals surface area contributed by atoms with Gasteiger partial charge in [-0.3, -0.25) is 0 Å². The molecule has 0 aromatic carbocycles. The molecule has 0 saturated heterocycles. The SMILES string of the molecule is [CH2-]CCCCCCCCCCCCCCCCC.[Y]. The van der Waals surface area contributed by atoms with Gasteiger partial charge in [0.1, 0.15) is 0 Å². The Morgan fingerprint density at radius 2 is 0.737 bits per heavy atom. The van der Waals surface area contributed by atoms with Gasteiger partial charge in [-0.1, -0.05) is 103 Å². The topological polar surface area (TPSA) is 0 Å². The molecule has 0 aliphatic carbocycles. The summed E-state index contributed by atoms with van der Waals surface area (Å²) >= 11 is 0. The minimum atomic E-state index is 0. The Morgan fingerprint density at radius 3 is 1.00 bits per heavy atom. The van der Waals surface area contributed by atoms with E-state index in [1.807, 2.05) is 0 Å². The fraction of sp³-hybridized carbons (Fsp3) is 0.944. The maximum absolute atomic E-state index is 3.88. The molecule has 0 nitrogen and oxygen atoms in total. The van der Waals surface area contributed by atoms with Crippen molar-refractivity contribution in [1.82, 2.24) is 0 Å². The normalized spacial score (nSPS) is 10.4. The van der Waals surface area contributed by atoms with E-state index in [-0.39, 0.29) is 32.7 Å². The maximum Gasteiger partial charge on any atom is 0 e. The fourth-order valence-electron chi connectivity index (χ4n) is 2.55. The van der Waals surface area contributed by atoms with Gasteiger partial charge in [-0.25, -0.2) is 0 Å². The predicted octanol–water partition coefficient (Wildman–Crippen LogP) is 7.08. The molecular formula is C18H37Y-. The van der Waals surface area contributed by atoms with Gasteiger partial charge in [0.25, 0.3) is 0 Å². The van der Waals surface area contributed by atoms with Crippen LogP contribution in [0.25, 0.3) is 0 Å². The smallest absolute Gasteiger partial charge is 0 e. The first-order valence-electron chi connectivity index (χ1n) is 8.71. The van der Waals surface area contributed by atoms with Crippen LogP contribution in [0.4, 0.5) is 0 Å². The van der Waals surface area contributed by atoms with Crippen LogP contribution >= 0.6 is 0 Å². The van der Waals surface area contributed by atoms with Crippen molar-refractivity contribution >= 4 is 0 Å². The molecule has 0 atom stereocenters. The van der Waals surface area contributed by atoms with E-state index in [0.717, 1.165) is 6.42 Å². The molecule has 0 bridgehead atoms. The third-order valence-electron chi connectivity index (χ3n) is 3.85. The average molecular weight is 342 g/mol. The third-order valence-corrected chi connectivity index (χ3v) is 3.85. The van der Waals surface area contributed by atoms with Gasteiger partial charge in [-0.05, 0) is 0 Å². The summed E-state index contributed by atoms with van der Waals surface area (Å²) in [5.74, 6) is 0. The molecule has 0 rings (SSSR count). The number of hydrogen-bond donors (Lipinski definition) is 0. The van der Waals surface area contributed by atoms with E-state index in [1.54, 1.807) is 0 Å². The summed E-state index contributed by atoms with van der Waals surface area (Å²) in [6.07, 6.45) is 22.8. The summed E-state index contributed by atoms with van der Waals surface area (Å²) in [4.78, 5) is 0. The van der Waals surface area contributed by atoms with Gasteiger partial charge in [0.05, 0.1) is 0 Å². The molecule has 1 heteroatoms. The van der Waals surface area contributed by atoms with Crippen LogP contribution in [-0.4, -0.2) is 0 Å². The molecule has 0 aromatic heterocycles. The Morgan fingerprint density at radius 1 is 0.474 bits per heavy atom. The number of unbranched alkanes of at least 4 members (excludes halogenated alkanes) is 15. The van der Waals surface area contributed by atoms with Gasteiger partial charge in [-0.15, -0.1) is 0 Å². The number of hydrogen-bond acceptors (Lipinski definition) is 0. The molecule has 0 unspecified atom stereocenters. The molecule has 19 heavy (non-hydrogen) atoms. The second-order valence-electron chi connectivity index (χ2n) is 5.80. The Bertz CT molecular complexity index is 118. The summed E-state index contributed by atoms with van der Waals surface area (Å²) in [5.41, 5.74) is 0. The molecule has 1 radical (unpaired) electrons. The molecule has 0 aliphatic heterocycles. The van der Waals surface area contributed by atoms with E-state index < -0.39 is 0 Å². The second kappa shape index (κ2) is 21.4. The van der Waals surface area contributed by atoms with Gasteiger partial charge < -0.3 is 6.92 Å². The maximum atomic E-state index is 3.88. The molecule has 0 fully saturated rings. The van der Waals surface area contributed by atoms with E-state index in [2.05, 4.69) is 13.8 Å². The van der Waals surface area contributed by atoms with Crippen LogP contribution in [-0.2, 0) is 32.7 Å². The Kier molecular flexibility index (Phi) is 25.2. The first-order chi connectivity index (χ1) is 8.91. The van der Waals surface area contributed by atoms with Crippen molar-refractivity contribution < 1.29 is 32.7 Å². The van der Waals surface area contributed by atoms with Crippen molar-refractivity contribution in [3.8, 4) is 0 Å². The van der Waals surface area contributed by atoms with Crippen LogP contribution in [0.2, 0.25) is 0 Å². The van der Waals surface area contributed by atoms with Crippen LogP contribution < -0.4 is 0 Å². The van der Waals surface area contributed by atoms with Gasteiger partial charge in [0, 0.05) is 32.7 Å². The Balaban J connectivity index is 0. The minimum absolute atomic E-state index is 0. The molecule has 0 heterocycles.